The van der Waals surface area contributed by atoms with Gasteiger partial charge in [0.2, 0.25) is 0 Å². The zero-order chi connectivity index (χ0) is 19.4. The van der Waals surface area contributed by atoms with Crippen LogP contribution in [-0.2, 0) is 4.74 Å². The number of aliphatic hydroxyl groups excluding tert-OH is 3. The summed E-state index contributed by atoms with van der Waals surface area (Å²) in [6, 6.07) is 9.66. The summed E-state index contributed by atoms with van der Waals surface area (Å²) in [7, 11) is 0. The third-order valence-electron chi connectivity index (χ3n) is 5.28. The predicted octanol–water partition coefficient (Wildman–Crippen LogP) is 1.76. The molecule has 0 bridgehead atoms. The molecule has 1 fully saturated rings. The number of nitrogens with zero attached hydrogens (tertiary/aromatic N) is 3. The first-order valence-electron chi connectivity index (χ1n) is 9.02. The number of ether oxygens (including phenoxy) is 1. The van der Waals surface area contributed by atoms with Gasteiger partial charge < -0.3 is 29.0 Å². The molecule has 4 aromatic rings. The van der Waals surface area contributed by atoms with Crippen LogP contribution in [0.5, 0.6) is 0 Å². The van der Waals surface area contributed by atoms with Gasteiger partial charge in [0.05, 0.1) is 17.7 Å². The summed E-state index contributed by atoms with van der Waals surface area (Å²) in [5.74, 6) is 0.648. The third-order valence-corrected chi connectivity index (χ3v) is 5.28. The number of para-hydroxylation sites is 1. The van der Waals surface area contributed by atoms with Crippen molar-refractivity contribution in [3.63, 3.8) is 0 Å². The molecule has 4 atom stereocenters. The number of fused-ring (bicyclic) bond motifs is 2. The lowest BCUT2D eigenvalue weighted by Crippen LogP contribution is -2.33. The third kappa shape index (κ3) is 2.46. The maximum Gasteiger partial charge on any atom is 0.164 e. The van der Waals surface area contributed by atoms with Crippen molar-refractivity contribution >= 4 is 22.0 Å². The lowest BCUT2D eigenvalue weighted by Gasteiger charge is -2.17. The average Bonchev–Trinajstić information content (AvgIpc) is 3.37. The molecular weight excluding hydrogens is 362 g/mol. The minimum absolute atomic E-state index is 0.391. The number of aliphatic hydroxyl groups is 3. The number of furan rings is 1. The van der Waals surface area contributed by atoms with Crippen LogP contribution in [0.4, 0.5) is 0 Å². The fraction of sp³-hybridized carbons (Fsp3) is 0.300. The van der Waals surface area contributed by atoms with E-state index in [0.717, 1.165) is 27.6 Å². The molecule has 144 valence electrons. The van der Waals surface area contributed by atoms with Crippen LogP contribution < -0.4 is 0 Å². The van der Waals surface area contributed by atoms with Gasteiger partial charge in [-0.2, -0.15) is 0 Å². The Morgan fingerprint density at radius 1 is 1.14 bits per heavy atom. The van der Waals surface area contributed by atoms with Crippen molar-refractivity contribution in [1.29, 1.82) is 0 Å². The second kappa shape index (κ2) is 6.39. The molecule has 0 saturated carbocycles. The number of rotatable bonds is 3. The normalized spacial score (nSPS) is 25.1. The van der Waals surface area contributed by atoms with Crippen molar-refractivity contribution in [1.82, 2.24) is 14.5 Å². The van der Waals surface area contributed by atoms with E-state index < -0.39 is 31.1 Å². The maximum atomic E-state index is 10.5. The lowest BCUT2D eigenvalue weighted by molar-refractivity contribution is -0.0508. The minimum Gasteiger partial charge on any atom is -0.456 e. The van der Waals surface area contributed by atoms with Crippen LogP contribution in [-0.4, -0.2) is 54.8 Å². The van der Waals surface area contributed by atoms with Gasteiger partial charge in [0.15, 0.2) is 6.23 Å². The summed E-state index contributed by atoms with van der Waals surface area (Å²) in [5.41, 5.74) is 2.84. The number of hydrogen-bond acceptors (Lipinski definition) is 7. The van der Waals surface area contributed by atoms with Crippen molar-refractivity contribution in [3.05, 3.63) is 48.5 Å². The van der Waals surface area contributed by atoms with E-state index in [1.54, 1.807) is 10.8 Å². The molecule has 0 unspecified atom stereocenters. The highest BCUT2D eigenvalue weighted by molar-refractivity contribution is 5.96. The first kappa shape index (κ1) is 17.3. The van der Waals surface area contributed by atoms with Crippen molar-refractivity contribution in [2.45, 2.75) is 31.5 Å². The van der Waals surface area contributed by atoms with Crippen LogP contribution in [0.15, 0.2) is 47.3 Å². The van der Waals surface area contributed by atoms with Crippen LogP contribution in [0.1, 0.15) is 11.9 Å². The monoisotopic (exact) mass is 381 g/mol. The van der Waals surface area contributed by atoms with Gasteiger partial charge in [0.1, 0.15) is 41.6 Å². The zero-order valence-electron chi connectivity index (χ0n) is 15.1. The van der Waals surface area contributed by atoms with Gasteiger partial charge in [0, 0.05) is 17.1 Å². The van der Waals surface area contributed by atoms with Crippen molar-refractivity contribution < 1.29 is 24.5 Å². The second-order valence-electron chi connectivity index (χ2n) is 6.99. The Labute approximate surface area is 159 Å². The highest BCUT2D eigenvalue weighted by atomic mass is 16.6. The molecule has 1 aromatic carbocycles. The Bertz CT molecular complexity index is 1130. The highest BCUT2D eigenvalue weighted by Gasteiger charge is 2.44. The van der Waals surface area contributed by atoms with Crippen molar-refractivity contribution in [2.75, 3.05) is 6.61 Å². The molecular formula is C20H19N3O5. The molecule has 1 aliphatic heterocycles. The molecule has 0 amide bonds. The number of hydrogen-bond donors (Lipinski definition) is 3. The van der Waals surface area contributed by atoms with E-state index in [9.17, 15) is 15.3 Å². The van der Waals surface area contributed by atoms with Crippen LogP contribution in [0.25, 0.3) is 33.3 Å². The van der Waals surface area contributed by atoms with Gasteiger partial charge >= 0.3 is 0 Å². The second-order valence-corrected chi connectivity index (χ2v) is 6.99. The first-order valence-corrected chi connectivity index (χ1v) is 9.02. The largest absolute Gasteiger partial charge is 0.456 e. The van der Waals surface area contributed by atoms with Crippen molar-refractivity contribution in [2.24, 2.45) is 0 Å². The molecule has 3 aromatic heterocycles. The molecule has 8 nitrogen and oxygen atoms in total. The number of benzene rings is 1. The van der Waals surface area contributed by atoms with Gasteiger partial charge in [-0.1, -0.05) is 18.2 Å². The van der Waals surface area contributed by atoms with E-state index in [2.05, 4.69) is 9.97 Å². The summed E-state index contributed by atoms with van der Waals surface area (Å²) < 4.78 is 13.4. The van der Waals surface area contributed by atoms with Gasteiger partial charge in [-0.25, -0.2) is 9.97 Å². The number of aromatic nitrogens is 3. The number of aryl methyl sites for hydroxylation is 1. The first-order chi connectivity index (χ1) is 13.6. The van der Waals surface area contributed by atoms with E-state index in [1.807, 2.05) is 37.3 Å². The predicted molar refractivity (Wildman–Crippen MR) is 100 cm³/mol. The smallest absolute Gasteiger partial charge is 0.164 e. The highest BCUT2D eigenvalue weighted by Crippen LogP contribution is 2.39. The topological polar surface area (TPSA) is 114 Å². The van der Waals surface area contributed by atoms with E-state index in [-0.39, 0.29) is 0 Å². The zero-order valence-corrected chi connectivity index (χ0v) is 15.1. The molecule has 0 radical (unpaired) electrons. The molecule has 0 spiro atoms. The quantitative estimate of drug-likeness (QED) is 0.495. The lowest BCUT2D eigenvalue weighted by atomic mass is 10.1. The molecule has 0 aliphatic carbocycles. The Morgan fingerprint density at radius 2 is 1.96 bits per heavy atom. The molecule has 5 rings (SSSR count). The van der Waals surface area contributed by atoms with Gasteiger partial charge in [-0.05, 0) is 19.1 Å². The van der Waals surface area contributed by atoms with Gasteiger partial charge in [-0.15, -0.1) is 0 Å². The summed E-state index contributed by atoms with van der Waals surface area (Å²) >= 11 is 0. The van der Waals surface area contributed by atoms with Crippen molar-refractivity contribution in [3.8, 4) is 11.3 Å². The molecule has 28 heavy (non-hydrogen) atoms. The Morgan fingerprint density at radius 3 is 2.71 bits per heavy atom. The fourth-order valence-corrected chi connectivity index (χ4v) is 3.84. The van der Waals surface area contributed by atoms with E-state index in [0.29, 0.717) is 11.4 Å². The standard InChI is InChI=1S/C20H19N3O5/c1-10-16-12(14-6-11-4-2-3-5-13(11)27-14)7-23(19(16)22-9-21-10)20-18(26)17(25)15(8-24)28-20/h2-7,9,15,17-18,20,24-26H,8H2,1H3/t15-,17-,18-,20-/m0/s1. The maximum absolute atomic E-state index is 10.5. The van der Waals surface area contributed by atoms with Crippen LogP contribution in [0, 0.1) is 6.92 Å². The SMILES string of the molecule is Cc1ncnc2c1c(-c1cc3ccccc3o1)cn2[C@H]1O[C@@H](CO)[C@H](O)[C@@H]1O. The molecule has 1 aliphatic rings. The fourth-order valence-electron chi connectivity index (χ4n) is 3.84. The molecule has 8 heteroatoms. The minimum atomic E-state index is -1.20. The van der Waals surface area contributed by atoms with E-state index >= 15 is 0 Å². The van der Waals surface area contributed by atoms with Crippen LogP contribution in [0.2, 0.25) is 0 Å². The van der Waals surface area contributed by atoms with Crippen LogP contribution in [0.3, 0.4) is 0 Å². The van der Waals surface area contributed by atoms with Gasteiger partial charge in [-0.3, -0.25) is 0 Å². The molecule has 4 heterocycles. The molecule has 3 N–H and O–H groups in total. The van der Waals surface area contributed by atoms with E-state index in [1.165, 1.54) is 6.33 Å². The summed E-state index contributed by atoms with van der Waals surface area (Å²) in [5, 5.41) is 31.7. The van der Waals surface area contributed by atoms with Crippen LogP contribution >= 0.6 is 0 Å². The molecule has 1 saturated heterocycles. The Hall–Kier alpha value is -2.78. The van der Waals surface area contributed by atoms with E-state index in [4.69, 9.17) is 9.15 Å². The Balaban J connectivity index is 1.71. The van der Waals surface area contributed by atoms with Gasteiger partial charge in [0.25, 0.3) is 0 Å². The summed E-state index contributed by atoms with van der Waals surface area (Å²) in [6.45, 7) is 1.48. The summed E-state index contributed by atoms with van der Waals surface area (Å²) in [4.78, 5) is 8.67. The Kier molecular flexibility index (Phi) is 3.95. The summed E-state index contributed by atoms with van der Waals surface area (Å²) in [6.07, 6.45) is -0.920. The average molecular weight is 381 g/mol.